The highest BCUT2D eigenvalue weighted by Gasteiger charge is 2.27. The van der Waals surface area contributed by atoms with Crippen LogP contribution in [0.4, 0.5) is 17.1 Å². The lowest BCUT2D eigenvalue weighted by atomic mass is 9.88. The molecule has 0 aliphatic heterocycles. The van der Waals surface area contributed by atoms with Crippen molar-refractivity contribution in [1.29, 1.82) is 0 Å². The van der Waals surface area contributed by atoms with Gasteiger partial charge in [-0.3, -0.25) is 0 Å². The quantitative estimate of drug-likeness (QED) is 0.161. The second-order valence-electron chi connectivity index (χ2n) is 16.4. The molecule has 13 aromatic rings. The molecule has 0 N–H and O–H groups in total. The SMILES string of the molecule is c1ccc(-c2ccc(N(c3ccc4c(c3)c3ccccc3n4-c3ccccc3)c3c(-c4ccc5oc6ccccc6c5c4-c4ccccc4)ccc4oc5ccccc5c34)cc2)cc1. The minimum absolute atomic E-state index is 0.823. The average Bonchev–Trinajstić information content (AvgIpc) is 4.05. The molecule has 0 saturated heterocycles. The van der Waals surface area contributed by atoms with E-state index < -0.39 is 0 Å². The van der Waals surface area contributed by atoms with Gasteiger partial charge in [-0.15, -0.1) is 0 Å². The van der Waals surface area contributed by atoms with Gasteiger partial charge >= 0.3 is 0 Å². The van der Waals surface area contributed by atoms with Crippen LogP contribution in [-0.4, -0.2) is 4.57 Å². The van der Waals surface area contributed by atoms with Gasteiger partial charge in [-0.05, 0) is 107 Å². The first-order chi connectivity index (χ1) is 31.8. The molecule has 0 radical (unpaired) electrons. The van der Waals surface area contributed by atoms with Crippen LogP contribution < -0.4 is 4.90 Å². The van der Waals surface area contributed by atoms with E-state index in [4.69, 9.17) is 8.83 Å². The molecule has 0 amide bonds. The average molecular weight is 819 g/mol. The summed E-state index contributed by atoms with van der Waals surface area (Å²) >= 11 is 0. The number of benzene rings is 10. The van der Waals surface area contributed by atoms with Crippen LogP contribution in [0.15, 0.2) is 239 Å². The molecule has 0 saturated carbocycles. The minimum atomic E-state index is 0.823. The number of aromatic nitrogens is 1. The largest absolute Gasteiger partial charge is 0.456 e. The molecule has 0 spiro atoms. The van der Waals surface area contributed by atoms with Crippen LogP contribution in [0.1, 0.15) is 0 Å². The molecule has 10 aromatic carbocycles. The van der Waals surface area contributed by atoms with Crippen LogP contribution in [0, 0.1) is 0 Å². The molecule has 13 rings (SSSR count). The number of nitrogens with zero attached hydrogens (tertiary/aromatic N) is 2. The summed E-state index contributed by atoms with van der Waals surface area (Å²) in [6.07, 6.45) is 0. The van der Waals surface area contributed by atoms with E-state index in [-0.39, 0.29) is 0 Å². The van der Waals surface area contributed by atoms with Gasteiger partial charge in [0.1, 0.15) is 22.3 Å². The third kappa shape index (κ3) is 5.63. The Morgan fingerprint density at radius 3 is 1.55 bits per heavy atom. The minimum Gasteiger partial charge on any atom is -0.456 e. The summed E-state index contributed by atoms with van der Waals surface area (Å²) < 4.78 is 15.7. The van der Waals surface area contributed by atoms with Gasteiger partial charge in [0, 0.05) is 55.1 Å². The van der Waals surface area contributed by atoms with Crippen molar-refractivity contribution in [2.75, 3.05) is 4.90 Å². The van der Waals surface area contributed by atoms with Crippen LogP contribution in [0.3, 0.4) is 0 Å². The number of anilines is 3. The first-order valence-corrected chi connectivity index (χ1v) is 21.8. The maximum Gasteiger partial charge on any atom is 0.137 e. The zero-order valence-corrected chi connectivity index (χ0v) is 34.7. The predicted octanol–water partition coefficient (Wildman–Crippen LogP) is 17.1. The Balaban J connectivity index is 1.16. The highest BCUT2D eigenvalue weighted by Crippen LogP contribution is 2.52. The van der Waals surface area contributed by atoms with E-state index in [0.717, 1.165) is 105 Å². The molecule has 3 aromatic heterocycles. The topological polar surface area (TPSA) is 34.5 Å². The summed E-state index contributed by atoms with van der Waals surface area (Å²) in [6.45, 7) is 0. The Labute approximate surface area is 369 Å². The predicted molar refractivity (Wildman–Crippen MR) is 266 cm³/mol. The Morgan fingerprint density at radius 1 is 0.328 bits per heavy atom. The number of rotatable bonds is 7. The van der Waals surface area contributed by atoms with Gasteiger partial charge in [-0.2, -0.15) is 0 Å². The van der Waals surface area contributed by atoms with E-state index in [1.54, 1.807) is 0 Å². The Morgan fingerprint density at radius 2 is 0.844 bits per heavy atom. The van der Waals surface area contributed by atoms with E-state index in [0.29, 0.717) is 0 Å². The monoisotopic (exact) mass is 818 g/mol. The summed E-state index contributed by atoms with van der Waals surface area (Å²) in [4.78, 5) is 2.45. The van der Waals surface area contributed by atoms with Gasteiger partial charge in [0.05, 0.1) is 22.1 Å². The Bertz CT molecular complexity index is 3880. The first-order valence-electron chi connectivity index (χ1n) is 21.8. The highest BCUT2D eigenvalue weighted by molar-refractivity contribution is 6.21. The third-order valence-electron chi connectivity index (χ3n) is 12.8. The number of hydrogen-bond acceptors (Lipinski definition) is 3. The maximum absolute atomic E-state index is 6.75. The van der Waals surface area contributed by atoms with E-state index in [1.807, 2.05) is 12.1 Å². The van der Waals surface area contributed by atoms with E-state index in [2.05, 4.69) is 228 Å². The molecule has 0 aliphatic carbocycles. The fourth-order valence-electron chi connectivity index (χ4n) is 9.99. The molecule has 3 heterocycles. The zero-order chi connectivity index (χ0) is 42.1. The van der Waals surface area contributed by atoms with Crippen LogP contribution in [0.25, 0.3) is 105 Å². The molecular weight excluding hydrogens is 781 g/mol. The van der Waals surface area contributed by atoms with Gasteiger partial charge in [-0.1, -0.05) is 146 Å². The van der Waals surface area contributed by atoms with Crippen LogP contribution in [-0.2, 0) is 0 Å². The van der Waals surface area contributed by atoms with E-state index in [9.17, 15) is 0 Å². The van der Waals surface area contributed by atoms with E-state index >= 15 is 0 Å². The van der Waals surface area contributed by atoms with Gasteiger partial charge in [0.25, 0.3) is 0 Å². The third-order valence-corrected chi connectivity index (χ3v) is 12.8. The molecule has 0 bridgehead atoms. The van der Waals surface area contributed by atoms with Crippen LogP contribution in [0.5, 0.6) is 0 Å². The maximum atomic E-state index is 6.75. The molecule has 4 nitrogen and oxygen atoms in total. The number of hydrogen-bond donors (Lipinski definition) is 0. The van der Waals surface area contributed by atoms with Crippen molar-refractivity contribution >= 4 is 82.7 Å². The van der Waals surface area contributed by atoms with Gasteiger partial charge in [0.15, 0.2) is 0 Å². The normalized spacial score (nSPS) is 11.8. The fraction of sp³-hybridized carbons (Fsp3) is 0. The van der Waals surface area contributed by atoms with Crippen LogP contribution in [0.2, 0.25) is 0 Å². The lowest BCUT2D eigenvalue weighted by molar-refractivity contribution is 0.668. The van der Waals surface area contributed by atoms with Gasteiger partial charge < -0.3 is 18.3 Å². The molecule has 0 fully saturated rings. The molecule has 300 valence electrons. The van der Waals surface area contributed by atoms with E-state index in [1.165, 1.54) is 16.3 Å². The molecular formula is C60H38N2O2. The van der Waals surface area contributed by atoms with Crippen molar-refractivity contribution in [1.82, 2.24) is 4.57 Å². The summed E-state index contributed by atoms with van der Waals surface area (Å²) in [5.41, 5.74) is 16.7. The second-order valence-corrected chi connectivity index (χ2v) is 16.4. The van der Waals surface area contributed by atoms with Crippen molar-refractivity contribution < 1.29 is 8.83 Å². The zero-order valence-electron chi connectivity index (χ0n) is 34.7. The van der Waals surface area contributed by atoms with Crippen molar-refractivity contribution in [2.45, 2.75) is 0 Å². The lowest BCUT2D eigenvalue weighted by Crippen LogP contribution is -2.12. The molecule has 4 heteroatoms. The molecule has 64 heavy (non-hydrogen) atoms. The Kier molecular flexibility index (Phi) is 8.18. The smallest absolute Gasteiger partial charge is 0.137 e. The summed E-state index contributed by atoms with van der Waals surface area (Å²) in [7, 11) is 0. The van der Waals surface area contributed by atoms with Crippen molar-refractivity contribution in [3.8, 4) is 39.1 Å². The molecule has 0 aliphatic rings. The van der Waals surface area contributed by atoms with Gasteiger partial charge in [-0.25, -0.2) is 0 Å². The molecule has 0 atom stereocenters. The number of para-hydroxylation sites is 4. The van der Waals surface area contributed by atoms with Crippen molar-refractivity contribution in [2.24, 2.45) is 0 Å². The van der Waals surface area contributed by atoms with Gasteiger partial charge in [0.2, 0.25) is 0 Å². The number of fused-ring (bicyclic) bond motifs is 9. The second kappa shape index (κ2) is 14.5. The summed E-state index contributed by atoms with van der Waals surface area (Å²) in [6, 6.07) is 82.2. The molecule has 0 unspecified atom stereocenters. The van der Waals surface area contributed by atoms with Crippen molar-refractivity contribution in [3.63, 3.8) is 0 Å². The summed E-state index contributed by atoms with van der Waals surface area (Å²) in [5.74, 6) is 0. The van der Waals surface area contributed by atoms with Crippen LogP contribution >= 0.6 is 0 Å². The van der Waals surface area contributed by atoms with Crippen molar-refractivity contribution in [3.05, 3.63) is 231 Å². The lowest BCUT2D eigenvalue weighted by Gasteiger charge is -2.29. The standard InChI is InChI=1S/C60H38N2O2/c1-4-16-39(17-5-1)40-28-30-43(31-29-40)61(44-32-35-52-50(38-44)45-22-10-13-25-51(45)62(52)42-20-8-3-9-21-42)60-47(34-37-56-59(60)49-24-12-15-27-54(49)64-56)46-33-36-55-58(48-23-11-14-26-53(48)63-55)57(46)41-18-6-2-7-19-41/h1-38H. The highest BCUT2D eigenvalue weighted by atomic mass is 16.3. The Hall–Kier alpha value is -8.60. The number of furan rings is 2. The first kappa shape index (κ1) is 36.1. The summed E-state index contributed by atoms with van der Waals surface area (Å²) in [5, 5.41) is 6.64. The fourth-order valence-corrected chi connectivity index (χ4v) is 9.99.